The van der Waals surface area contributed by atoms with Crippen LogP contribution in [0.3, 0.4) is 0 Å². The van der Waals surface area contributed by atoms with Crippen LogP contribution >= 0.6 is 27.5 Å². The summed E-state index contributed by atoms with van der Waals surface area (Å²) in [5, 5.41) is 14.8. The quantitative estimate of drug-likeness (QED) is 0.411. The SMILES string of the molecule is CNC(=O)[C@@](C)(NC(=O)c1[nH]nc(NC(=O)c2ccccc2Cl)c1Br)c1ccccc1. The molecule has 0 aliphatic rings. The summed E-state index contributed by atoms with van der Waals surface area (Å²) in [5.74, 6) is -1.36. The second-order valence-electron chi connectivity index (χ2n) is 6.72. The van der Waals surface area contributed by atoms with Crippen molar-refractivity contribution < 1.29 is 14.4 Å². The number of H-pyrrole nitrogens is 1. The average molecular weight is 505 g/mol. The highest BCUT2D eigenvalue weighted by Gasteiger charge is 2.37. The van der Waals surface area contributed by atoms with Crippen molar-refractivity contribution in [3.63, 3.8) is 0 Å². The van der Waals surface area contributed by atoms with Crippen LogP contribution in [0.4, 0.5) is 5.82 Å². The Bertz CT molecular complexity index is 1140. The Labute approximate surface area is 191 Å². The topological polar surface area (TPSA) is 116 Å². The highest BCUT2D eigenvalue weighted by atomic mass is 79.9. The number of carbonyl (C=O) groups is 3. The van der Waals surface area contributed by atoms with Crippen LogP contribution in [0, 0.1) is 0 Å². The molecule has 0 spiro atoms. The number of nitrogens with one attached hydrogen (secondary N) is 4. The minimum absolute atomic E-state index is 0.0421. The number of hydrogen-bond acceptors (Lipinski definition) is 4. The van der Waals surface area contributed by atoms with E-state index in [4.69, 9.17) is 11.6 Å². The maximum atomic E-state index is 13.0. The van der Waals surface area contributed by atoms with Gasteiger partial charge in [-0.1, -0.05) is 54.1 Å². The molecule has 0 saturated heterocycles. The summed E-state index contributed by atoms with van der Waals surface area (Å²) in [7, 11) is 1.49. The number of likely N-dealkylation sites (N-methyl/N-ethyl adjacent to an activating group) is 1. The number of carbonyl (C=O) groups excluding carboxylic acids is 3. The molecular weight excluding hydrogens is 486 g/mol. The first kappa shape index (κ1) is 22.5. The number of benzene rings is 2. The fourth-order valence-corrected chi connectivity index (χ4v) is 3.63. The molecule has 3 amide bonds. The van der Waals surface area contributed by atoms with E-state index in [0.717, 1.165) is 0 Å². The van der Waals surface area contributed by atoms with Crippen LogP contribution in [0.5, 0.6) is 0 Å². The number of rotatable bonds is 6. The van der Waals surface area contributed by atoms with Gasteiger partial charge in [-0.15, -0.1) is 0 Å². The van der Waals surface area contributed by atoms with Gasteiger partial charge in [0, 0.05) is 7.05 Å². The molecule has 3 rings (SSSR count). The molecule has 3 aromatic rings. The third kappa shape index (κ3) is 4.62. The average Bonchev–Trinajstić information content (AvgIpc) is 3.14. The van der Waals surface area contributed by atoms with Crippen molar-refractivity contribution in [2.24, 2.45) is 0 Å². The highest BCUT2D eigenvalue weighted by molar-refractivity contribution is 9.10. The smallest absolute Gasteiger partial charge is 0.271 e. The molecule has 1 atom stereocenters. The Hall–Kier alpha value is -3.17. The zero-order chi connectivity index (χ0) is 22.6. The normalized spacial score (nSPS) is 12.5. The maximum absolute atomic E-state index is 13.0. The first-order valence-electron chi connectivity index (χ1n) is 9.18. The Kier molecular flexibility index (Phi) is 6.77. The number of amides is 3. The number of aromatic amines is 1. The molecule has 0 unspecified atom stereocenters. The van der Waals surface area contributed by atoms with E-state index >= 15 is 0 Å². The molecule has 8 nitrogen and oxygen atoms in total. The zero-order valence-corrected chi connectivity index (χ0v) is 19.0. The van der Waals surface area contributed by atoms with Gasteiger partial charge in [-0.3, -0.25) is 19.5 Å². The van der Waals surface area contributed by atoms with Crippen molar-refractivity contribution in [2.45, 2.75) is 12.5 Å². The van der Waals surface area contributed by atoms with Gasteiger partial charge in [-0.05, 0) is 40.5 Å². The summed E-state index contributed by atoms with van der Waals surface area (Å²) < 4.78 is 0.234. The Morgan fingerprint density at radius 3 is 2.32 bits per heavy atom. The van der Waals surface area contributed by atoms with Crippen LogP contribution in [-0.2, 0) is 10.3 Å². The second kappa shape index (κ2) is 9.32. The number of halogens is 2. The predicted octanol–water partition coefficient (Wildman–Crippen LogP) is 3.47. The van der Waals surface area contributed by atoms with Gasteiger partial charge in [0.15, 0.2) is 5.82 Å². The molecule has 0 saturated carbocycles. The fraction of sp³-hybridized carbons (Fsp3) is 0.143. The summed E-state index contributed by atoms with van der Waals surface area (Å²) in [4.78, 5) is 38.0. The van der Waals surface area contributed by atoms with Gasteiger partial charge in [-0.25, -0.2) is 0 Å². The van der Waals surface area contributed by atoms with Crippen LogP contribution < -0.4 is 16.0 Å². The Balaban J connectivity index is 1.84. The van der Waals surface area contributed by atoms with Gasteiger partial charge in [0.2, 0.25) is 5.91 Å². The van der Waals surface area contributed by atoms with Crippen molar-refractivity contribution in [1.29, 1.82) is 0 Å². The monoisotopic (exact) mass is 503 g/mol. The van der Waals surface area contributed by atoms with Crippen LogP contribution in [0.25, 0.3) is 0 Å². The van der Waals surface area contributed by atoms with Crippen molar-refractivity contribution in [3.8, 4) is 0 Å². The summed E-state index contributed by atoms with van der Waals surface area (Å²) >= 11 is 9.34. The second-order valence-corrected chi connectivity index (χ2v) is 7.92. The van der Waals surface area contributed by atoms with E-state index in [2.05, 4.69) is 42.1 Å². The molecule has 2 aromatic carbocycles. The summed E-state index contributed by atoms with van der Waals surface area (Å²) in [6.45, 7) is 1.60. The minimum Gasteiger partial charge on any atom is -0.357 e. The van der Waals surface area contributed by atoms with E-state index in [0.29, 0.717) is 5.56 Å². The van der Waals surface area contributed by atoms with Gasteiger partial charge in [0.05, 0.1) is 15.1 Å². The van der Waals surface area contributed by atoms with Crippen molar-refractivity contribution in [2.75, 3.05) is 12.4 Å². The standard InChI is InChI=1S/C21H19BrClN5O3/c1-21(20(31)24-2,12-8-4-3-5-9-12)26-19(30)16-15(22)17(28-27-16)25-18(29)13-10-6-7-11-14(13)23/h3-11H,1-2H3,(H,24,31)(H,26,30)(H2,25,27,28,29)/t21-/m0/s1. The Morgan fingerprint density at radius 1 is 1.03 bits per heavy atom. The molecular formula is C21H19BrClN5O3. The fourth-order valence-electron chi connectivity index (χ4n) is 2.95. The van der Waals surface area contributed by atoms with Crippen LogP contribution in [0.1, 0.15) is 33.3 Å². The maximum Gasteiger partial charge on any atom is 0.271 e. The van der Waals surface area contributed by atoms with Crippen molar-refractivity contribution >= 4 is 51.1 Å². The van der Waals surface area contributed by atoms with Gasteiger partial charge >= 0.3 is 0 Å². The van der Waals surface area contributed by atoms with E-state index < -0.39 is 23.3 Å². The van der Waals surface area contributed by atoms with Gasteiger partial charge in [0.1, 0.15) is 11.2 Å². The first-order chi connectivity index (χ1) is 14.8. The molecule has 0 aliphatic heterocycles. The highest BCUT2D eigenvalue weighted by Crippen LogP contribution is 2.27. The molecule has 160 valence electrons. The van der Waals surface area contributed by atoms with Crippen LogP contribution in [0.15, 0.2) is 59.1 Å². The van der Waals surface area contributed by atoms with E-state index in [9.17, 15) is 14.4 Å². The van der Waals surface area contributed by atoms with Gasteiger partial charge in [0.25, 0.3) is 11.8 Å². The lowest BCUT2D eigenvalue weighted by molar-refractivity contribution is -0.126. The molecule has 4 N–H and O–H groups in total. The molecule has 0 fully saturated rings. The van der Waals surface area contributed by atoms with Crippen molar-refractivity contribution in [3.05, 3.63) is 80.9 Å². The number of aromatic nitrogens is 2. The number of hydrogen-bond donors (Lipinski definition) is 4. The molecule has 10 heteroatoms. The first-order valence-corrected chi connectivity index (χ1v) is 10.3. The lowest BCUT2D eigenvalue weighted by Crippen LogP contribution is -2.53. The third-order valence-corrected chi connectivity index (χ3v) is 5.78. The largest absolute Gasteiger partial charge is 0.357 e. The molecule has 0 radical (unpaired) electrons. The van der Waals surface area contributed by atoms with E-state index in [1.165, 1.54) is 7.05 Å². The molecule has 31 heavy (non-hydrogen) atoms. The summed E-state index contributed by atoms with van der Waals surface area (Å²) in [6, 6.07) is 15.4. The summed E-state index contributed by atoms with van der Waals surface area (Å²) in [6.07, 6.45) is 0. The molecule has 1 heterocycles. The lowest BCUT2D eigenvalue weighted by Gasteiger charge is -2.29. The molecule has 1 aromatic heterocycles. The third-order valence-electron chi connectivity index (χ3n) is 4.68. The number of nitrogens with zero attached hydrogens (tertiary/aromatic N) is 1. The van der Waals surface area contributed by atoms with Gasteiger partial charge in [-0.2, -0.15) is 5.10 Å². The number of anilines is 1. The molecule has 0 bridgehead atoms. The van der Waals surface area contributed by atoms with E-state index in [-0.39, 0.29) is 26.6 Å². The predicted molar refractivity (Wildman–Crippen MR) is 121 cm³/mol. The lowest BCUT2D eigenvalue weighted by atomic mass is 9.90. The van der Waals surface area contributed by atoms with E-state index in [1.54, 1.807) is 55.5 Å². The summed E-state index contributed by atoms with van der Waals surface area (Å²) in [5.41, 5.74) is -0.425. The van der Waals surface area contributed by atoms with E-state index in [1.807, 2.05) is 6.07 Å². The zero-order valence-electron chi connectivity index (χ0n) is 16.6. The minimum atomic E-state index is -1.33. The van der Waals surface area contributed by atoms with Crippen molar-refractivity contribution in [1.82, 2.24) is 20.8 Å². The Morgan fingerprint density at radius 2 is 1.68 bits per heavy atom. The molecule has 0 aliphatic carbocycles. The van der Waals surface area contributed by atoms with Crippen LogP contribution in [-0.4, -0.2) is 35.0 Å². The van der Waals surface area contributed by atoms with Gasteiger partial charge < -0.3 is 16.0 Å². The van der Waals surface area contributed by atoms with Crippen LogP contribution in [0.2, 0.25) is 5.02 Å².